The van der Waals surface area contributed by atoms with Crippen LogP contribution in [0.1, 0.15) is 152 Å². The van der Waals surface area contributed by atoms with Gasteiger partial charge in [0.15, 0.2) is 27.7 Å². The SMILES string of the molecule is CC(N(C)S(=O)(=O)N1C[C@H](CCCB(O)O)[C@](NC(=O)[C@H](C)N)(C(=O)O)C1)C1(N)CC1.CC(N)CN(C)S(=O)(=O)N1C[C@H](CCCB(O)O)[C@](NC(=O)[C@H](C)N)(C(=O)O)C1.CC(NS(=O)(=O)N1C[C@H](CCCB(O)O)[C@](NC(=O)[C@H](C)N)(C(=O)O)C1)C1(N)CC1.C[C@H](N)C(=O)N[C@@]1(C(=O)O)CN(S(=O)(=O)N(C)C2CC2N)C[C@@H]1CCCB(O)O.C[C@H](N)C(=O)N[C@@]1(C(=O)O)CN(S(=O)(=O)N(C)CCN)C[C@@H]1CCCB(O)O. The quantitative estimate of drug-likeness (QED) is 0.0251. The maximum absolute atomic E-state index is 13.3. The smallest absolute Gasteiger partial charge is 0.451 e. The van der Waals surface area contributed by atoms with E-state index in [9.17, 15) is 116 Å². The Morgan fingerprint density at radius 3 is 0.823 bits per heavy atom. The topological polar surface area (TPSA) is 1010 Å². The summed E-state index contributed by atoms with van der Waals surface area (Å²) < 4.78 is 142. The molecule has 5 saturated heterocycles. The van der Waals surface area contributed by atoms with Gasteiger partial charge in [-0.15, -0.1) is 0 Å². The zero-order chi connectivity index (χ0) is 113. The third-order valence-electron chi connectivity index (χ3n) is 28.2. The summed E-state index contributed by atoms with van der Waals surface area (Å²) in [7, 11) is -22.5. The first-order valence-electron chi connectivity index (χ1n) is 48.2. The van der Waals surface area contributed by atoms with Gasteiger partial charge >= 0.3 is 65.4 Å². The minimum absolute atomic E-state index is 0.00296. The predicted octanol–water partition coefficient (Wildman–Crippen LogP) is -15.0. The second kappa shape index (κ2) is 54.6. The number of amides is 5. The highest BCUT2D eigenvalue weighted by Gasteiger charge is 2.64. The van der Waals surface area contributed by atoms with Gasteiger partial charge in [0.2, 0.25) is 29.5 Å². The van der Waals surface area contributed by atoms with Crippen LogP contribution in [0.3, 0.4) is 0 Å². The van der Waals surface area contributed by atoms with Crippen molar-refractivity contribution in [2.24, 2.45) is 86.9 Å². The molecule has 0 aromatic heterocycles. The number of carbonyl (C=O) groups is 10. The Bertz CT molecular complexity index is 5050. The number of nitrogens with one attached hydrogen (secondary N) is 6. The summed E-state index contributed by atoms with van der Waals surface area (Å²) in [5.41, 5.74) is 46.3. The van der Waals surface area contributed by atoms with Crippen LogP contribution >= 0.6 is 0 Å². The van der Waals surface area contributed by atoms with Crippen molar-refractivity contribution in [1.82, 2.24) is 70.1 Å². The van der Waals surface area contributed by atoms with Crippen LogP contribution < -0.4 is 88.6 Å². The van der Waals surface area contributed by atoms with Crippen LogP contribution in [0.4, 0.5) is 0 Å². The van der Waals surface area contributed by atoms with Gasteiger partial charge in [0, 0.05) is 184 Å². The molecular formula is C77H158B5N25O35S5. The van der Waals surface area contributed by atoms with E-state index in [0.717, 1.165) is 38.7 Å². The number of likely N-dealkylation sites (N-methyl/N-ethyl adjacent to an activating group) is 4. The van der Waals surface area contributed by atoms with Crippen LogP contribution in [0.25, 0.3) is 0 Å². The van der Waals surface area contributed by atoms with Gasteiger partial charge in [0.05, 0.1) is 30.2 Å². The minimum Gasteiger partial charge on any atom is -0.479 e. The van der Waals surface area contributed by atoms with E-state index in [2.05, 4.69) is 31.3 Å². The number of nitrogens with two attached hydrogens (primary N) is 10. The molecule has 5 aliphatic heterocycles. The van der Waals surface area contributed by atoms with Crippen LogP contribution in [0.5, 0.6) is 0 Å². The van der Waals surface area contributed by atoms with E-state index in [1.54, 1.807) is 20.8 Å². The molecule has 8 fully saturated rings. The van der Waals surface area contributed by atoms with Crippen molar-refractivity contribution in [3.63, 3.8) is 0 Å². The molecule has 846 valence electrons. The molecule has 0 aromatic rings. The van der Waals surface area contributed by atoms with Crippen molar-refractivity contribution < 1.29 is 166 Å². The first-order valence-corrected chi connectivity index (χ1v) is 55.2. The Morgan fingerprint density at radius 1 is 0.374 bits per heavy atom. The number of aliphatic carboxylic acids is 5. The average molecular weight is 2210 g/mol. The Kier molecular flexibility index (Phi) is 49.3. The molecule has 5 amide bonds. The zero-order valence-electron chi connectivity index (χ0n) is 85.1. The third-order valence-corrected chi connectivity index (χ3v) is 37.4. The van der Waals surface area contributed by atoms with Gasteiger partial charge in [0.1, 0.15) is 0 Å². The van der Waals surface area contributed by atoms with E-state index >= 15 is 0 Å². The van der Waals surface area contributed by atoms with Crippen molar-refractivity contribution in [2.45, 2.75) is 282 Å². The molecule has 70 heteroatoms. The second-order valence-corrected chi connectivity index (χ2v) is 49.9. The first kappa shape index (κ1) is 133. The predicted molar refractivity (Wildman–Crippen MR) is 536 cm³/mol. The van der Waals surface area contributed by atoms with E-state index in [0.29, 0.717) is 32.1 Å². The van der Waals surface area contributed by atoms with Gasteiger partial charge in [-0.2, -0.15) is 85.6 Å². The highest BCUT2D eigenvalue weighted by molar-refractivity contribution is 7.88. The van der Waals surface area contributed by atoms with Gasteiger partial charge in [-0.05, 0) is 151 Å². The summed E-state index contributed by atoms with van der Waals surface area (Å²) >= 11 is 0. The summed E-state index contributed by atoms with van der Waals surface area (Å²) in [5.74, 6) is -14.4. The Morgan fingerprint density at radius 2 is 0.605 bits per heavy atom. The Hall–Kier alpha value is -6.43. The van der Waals surface area contributed by atoms with E-state index in [1.807, 2.05) is 0 Å². The summed E-state index contributed by atoms with van der Waals surface area (Å²) in [6, 6.07) is -7.00. The molecular weight excluding hydrogens is 2050 g/mol. The number of rotatable bonds is 54. The van der Waals surface area contributed by atoms with Crippen molar-refractivity contribution in [1.29, 1.82) is 0 Å². The Labute approximate surface area is 859 Å². The molecule has 5 heterocycles. The first-order chi connectivity index (χ1) is 67.3. The standard InChI is InChI=1S/C17H34BN5O7S.C16H32BN5O7S.C15H30BN5O7S.C15H32BN5O7S.C14H30BN5O7S/c1-11(19)14(24)21-17(15(25)26)10-23(9-13(17)5-4-8-18(27)28)31(29,30)22(3)12(2)16(20)6-7-16;1-10(18)13(23)20-16(14(24)25)9-22(8-12(16)4-3-7-17(26)27)30(28,29)21-11(2)15(19)5-6-15;1-9(17)13(22)19-15(14(23)24)8-21(7-10(15)4-3-5-16(25)26)29(27,28)20(2)12-6-11(12)18;1-10(17)7-20(3)29(27,28)21-8-12(5-4-6-16(25)26)15(9-21,14(23)24)19-13(22)11(2)18;1-10(17)12(21)18-14(13(22)23)9-20(28(26,27)19(2)7-6-16)8-11(14)4-3-5-15(24)25/h11-13,27-28H,4-10,19-20H2,1-3H3,(H,21,24)(H,25,26);10-12,21,26-27H,3-9,18-19H2,1-2H3,(H,20,23)(H,24,25);9-12,25-26H,3-8,17-18H2,1-2H3,(H,19,22)(H,23,24);10-12,25-26H,4-9,17-18H2,1-3H3,(H,19,22)(H,23,24);10-11,24-25H,3-9,16-17H2,1-2H3,(H,18,21)(H,22,23)/t11-,12?,13-,17-;10-,11?,12-,16-;9-,10-,11?,12?,15-;10?,11-,12-,15-;10-,11-,14-/m00000/s1. The second-order valence-electron chi connectivity index (χ2n) is 40.2. The molecule has 3 aliphatic carbocycles. The number of hydrogen-bond acceptors (Lipinski definition) is 40. The normalized spacial score (nSPS) is 27.2. The van der Waals surface area contributed by atoms with Crippen molar-refractivity contribution >= 4 is 146 Å². The molecule has 5 unspecified atom stereocenters. The minimum atomic E-state index is -4.08. The summed E-state index contributed by atoms with van der Waals surface area (Å²) in [6.07, 6.45) is 5.23. The molecule has 41 N–H and O–H groups in total. The highest BCUT2D eigenvalue weighted by Crippen LogP contribution is 2.44. The molecule has 8 rings (SSSR count). The summed E-state index contributed by atoms with van der Waals surface area (Å²) in [5, 5.41) is 153. The fourth-order valence-corrected chi connectivity index (χ4v) is 26.0. The molecule has 0 spiro atoms. The van der Waals surface area contributed by atoms with Gasteiger partial charge in [-0.25, -0.2) is 24.0 Å². The fraction of sp³-hybridized carbons (Fsp3) is 0.870. The number of hydrogen-bond donors (Lipinski definition) is 31. The maximum Gasteiger partial charge on any atom is 0.451 e. The number of carbonyl (C=O) groups excluding carboxylic acids is 5. The van der Waals surface area contributed by atoms with Crippen LogP contribution in [0.2, 0.25) is 31.6 Å². The fourth-order valence-electron chi connectivity index (χ4n) is 18.0. The lowest BCUT2D eigenvalue weighted by molar-refractivity contribution is -0.149. The van der Waals surface area contributed by atoms with Gasteiger partial charge < -0.3 is 160 Å². The maximum atomic E-state index is 13.3. The molecule has 60 nitrogen and oxygen atoms in total. The van der Waals surface area contributed by atoms with E-state index in [1.165, 1.54) is 62.8 Å². The zero-order valence-corrected chi connectivity index (χ0v) is 89.2. The van der Waals surface area contributed by atoms with Gasteiger partial charge in [-0.1, -0.05) is 32.1 Å². The molecule has 0 radical (unpaired) electrons. The van der Waals surface area contributed by atoms with Crippen molar-refractivity contribution in [3.8, 4) is 0 Å². The number of carboxylic acids is 5. The highest BCUT2D eigenvalue weighted by atomic mass is 32.2. The lowest BCUT2D eigenvalue weighted by Gasteiger charge is -2.33. The van der Waals surface area contributed by atoms with Crippen molar-refractivity contribution in [3.05, 3.63) is 0 Å². The molecule has 0 aromatic carbocycles. The molecule has 3 saturated carbocycles. The summed E-state index contributed by atoms with van der Waals surface area (Å²) in [4.78, 5) is 122. The monoisotopic (exact) mass is 2210 g/mol. The van der Waals surface area contributed by atoms with Crippen LogP contribution in [0, 0.1) is 29.6 Å². The number of nitrogens with zero attached hydrogens (tertiary/aromatic N) is 9. The van der Waals surface area contributed by atoms with Crippen LogP contribution in [-0.2, 0) is 99.0 Å². The number of carboxylic acid groups (broad SMARTS) is 5. The van der Waals surface area contributed by atoms with E-state index < -0.39 is 295 Å². The largest absolute Gasteiger partial charge is 0.479 e. The third kappa shape index (κ3) is 34.8. The van der Waals surface area contributed by atoms with Gasteiger partial charge in [0.25, 0.3) is 51.0 Å². The average Bonchev–Trinajstić information content (AvgIpc) is 1.62. The van der Waals surface area contributed by atoms with E-state index in [-0.39, 0.29) is 160 Å². The van der Waals surface area contributed by atoms with Crippen LogP contribution in [-0.4, -0.2) is 464 Å². The molecule has 20 atom stereocenters. The lowest BCUT2D eigenvalue weighted by atomic mass is 9.78. The van der Waals surface area contributed by atoms with Crippen molar-refractivity contribution in [2.75, 3.05) is 113 Å². The van der Waals surface area contributed by atoms with E-state index in [4.69, 9.17) is 108 Å². The summed E-state index contributed by atoms with van der Waals surface area (Å²) in [6.45, 7) is 9.06. The molecule has 0 bridgehead atoms. The Balaban J connectivity index is 0.000000383. The molecule has 8 aliphatic rings. The lowest BCUT2D eigenvalue weighted by Crippen LogP contribution is -2.63. The van der Waals surface area contributed by atoms with Gasteiger partial charge in [-0.3, -0.25) is 24.0 Å². The molecule has 147 heavy (non-hydrogen) atoms. The van der Waals surface area contributed by atoms with Crippen LogP contribution in [0.15, 0.2) is 0 Å².